The van der Waals surface area contributed by atoms with Crippen LogP contribution in [0, 0.1) is 0 Å². The normalized spacial score (nSPS) is 11.6. The van der Waals surface area contributed by atoms with E-state index in [2.05, 4.69) is 10.1 Å². The molecule has 0 aliphatic heterocycles. The first-order valence-corrected chi connectivity index (χ1v) is 9.15. The molecule has 0 aliphatic carbocycles. The third-order valence-corrected chi connectivity index (χ3v) is 4.24. The summed E-state index contributed by atoms with van der Waals surface area (Å²) in [7, 11) is 0. The highest BCUT2D eigenvalue weighted by molar-refractivity contribution is 5.99. The molecule has 3 rings (SSSR count). The summed E-state index contributed by atoms with van der Waals surface area (Å²) in [5.41, 5.74) is 2.47. The lowest BCUT2D eigenvalue weighted by molar-refractivity contribution is -0.123. The Hall–Kier alpha value is -3.74. The number of amides is 1. The van der Waals surface area contributed by atoms with Crippen LogP contribution in [-0.4, -0.2) is 24.6 Å². The van der Waals surface area contributed by atoms with Gasteiger partial charge in [0.1, 0.15) is 5.75 Å². The molecule has 0 fully saturated rings. The van der Waals surface area contributed by atoms with Gasteiger partial charge in [0.25, 0.3) is 5.91 Å². The van der Waals surface area contributed by atoms with Crippen LogP contribution in [0.3, 0.4) is 0 Å². The molecule has 0 aromatic heterocycles. The Kier molecular flexibility index (Phi) is 6.75. The quantitative estimate of drug-likeness (QED) is 0.547. The van der Waals surface area contributed by atoms with Crippen LogP contribution >= 0.6 is 0 Å². The summed E-state index contributed by atoms with van der Waals surface area (Å²) in [6.45, 7) is -1.50. The molecule has 7 heteroatoms. The van der Waals surface area contributed by atoms with Gasteiger partial charge in [-0.3, -0.25) is 4.79 Å². The first kappa shape index (κ1) is 21.0. The fourth-order valence-corrected chi connectivity index (χ4v) is 2.75. The highest BCUT2D eigenvalue weighted by Gasteiger charge is 2.20. The third-order valence-electron chi connectivity index (χ3n) is 4.24. The summed E-state index contributed by atoms with van der Waals surface area (Å²) in [5, 5.41) is 2.78. The van der Waals surface area contributed by atoms with Gasteiger partial charge in [0.2, 0.25) is 0 Å². The summed E-state index contributed by atoms with van der Waals surface area (Å²) in [6, 6.07) is 21.9. The predicted octanol–water partition coefficient (Wildman–Crippen LogP) is 5.14. The number of para-hydroxylation sites is 1. The summed E-state index contributed by atoms with van der Waals surface area (Å²) in [6.07, 6.45) is -1.07. The standard InChI is InChI=1S/C23H19F2NO4/c1-15(29-22(28)17-11-13-18(14-12-17)30-23(24)25)21(27)26-20-10-6-5-9-19(20)16-7-3-2-4-8-16/h2-15,23H,1H3,(H,26,27)/t15-/m0/s1. The zero-order chi connectivity index (χ0) is 21.5. The number of carbonyl (C=O) groups is 2. The fourth-order valence-electron chi connectivity index (χ4n) is 2.75. The first-order valence-electron chi connectivity index (χ1n) is 9.15. The third kappa shape index (κ3) is 5.41. The number of ether oxygens (including phenoxy) is 2. The van der Waals surface area contributed by atoms with Gasteiger partial charge in [0.15, 0.2) is 6.10 Å². The lowest BCUT2D eigenvalue weighted by atomic mass is 10.0. The Balaban J connectivity index is 1.65. The molecule has 154 valence electrons. The van der Waals surface area contributed by atoms with Gasteiger partial charge in [-0.05, 0) is 42.8 Å². The maximum absolute atomic E-state index is 12.5. The van der Waals surface area contributed by atoms with Crippen LogP contribution in [0.4, 0.5) is 14.5 Å². The van der Waals surface area contributed by atoms with Gasteiger partial charge in [-0.25, -0.2) is 4.79 Å². The lowest BCUT2D eigenvalue weighted by Crippen LogP contribution is -2.30. The number of hydrogen-bond donors (Lipinski definition) is 1. The van der Waals surface area contributed by atoms with Gasteiger partial charge >= 0.3 is 12.6 Å². The van der Waals surface area contributed by atoms with E-state index in [1.807, 2.05) is 42.5 Å². The van der Waals surface area contributed by atoms with Crippen LogP contribution in [0.25, 0.3) is 11.1 Å². The molecule has 5 nitrogen and oxygen atoms in total. The van der Waals surface area contributed by atoms with Crippen LogP contribution in [0.1, 0.15) is 17.3 Å². The molecule has 0 heterocycles. The number of hydrogen-bond acceptors (Lipinski definition) is 4. The topological polar surface area (TPSA) is 64.6 Å². The van der Waals surface area contributed by atoms with Crippen molar-refractivity contribution in [3.05, 3.63) is 84.4 Å². The molecule has 30 heavy (non-hydrogen) atoms. The van der Waals surface area contributed by atoms with E-state index in [4.69, 9.17) is 4.74 Å². The number of halogens is 2. The first-order chi connectivity index (χ1) is 14.4. The molecule has 0 unspecified atom stereocenters. The molecule has 1 amide bonds. The monoisotopic (exact) mass is 411 g/mol. The van der Waals surface area contributed by atoms with E-state index in [-0.39, 0.29) is 11.3 Å². The van der Waals surface area contributed by atoms with E-state index < -0.39 is 24.6 Å². The van der Waals surface area contributed by atoms with Crippen LogP contribution in [-0.2, 0) is 9.53 Å². The second-order valence-corrected chi connectivity index (χ2v) is 6.35. The Labute approximate surface area is 172 Å². The highest BCUT2D eigenvalue weighted by Crippen LogP contribution is 2.27. The zero-order valence-corrected chi connectivity index (χ0v) is 16.0. The van der Waals surface area contributed by atoms with Crippen molar-refractivity contribution in [1.29, 1.82) is 0 Å². The van der Waals surface area contributed by atoms with Crippen molar-refractivity contribution in [3.8, 4) is 16.9 Å². The van der Waals surface area contributed by atoms with Crippen molar-refractivity contribution in [1.82, 2.24) is 0 Å². The van der Waals surface area contributed by atoms with E-state index in [1.165, 1.54) is 31.2 Å². The maximum Gasteiger partial charge on any atom is 0.387 e. The Morgan fingerprint density at radius 2 is 1.50 bits per heavy atom. The average molecular weight is 411 g/mol. The molecule has 1 atom stereocenters. The lowest BCUT2D eigenvalue weighted by Gasteiger charge is -2.16. The number of nitrogens with one attached hydrogen (secondary N) is 1. The molecular formula is C23H19F2NO4. The van der Waals surface area contributed by atoms with Crippen LogP contribution in [0.5, 0.6) is 5.75 Å². The molecule has 0 saturated carbocycles. The summed E-state index contributed by atoms with van der Waals surface area (Å²) in [5.74, 6) is -1.33. The van der Waals surface area contributed by atoms with E-state index in [0.29, 0.717) is 5.69 Å². The Bertz CT molecular complexity index is 1010. The van der Waals surface area contributed by atoms with Crippen molar-refractivity contribution < 1.29 is 27.8 Å². The molecular weight excluding hydrogens is 392 g/mol. The van der Waals surface area contributed by atoms with Gasteiger partial charge in [0.05, 0.1) is 5.56 Å². The fraction of sp³-hybridized carbons (Fsp3) is 0.130. The van der Waals surface area contributed by atoms with Crippen molar-refractivity contribution in [2.75, 3.05) is 5.32 Å². The zero-order valence-electron chi connectivity index (χ0n) is 16.0. The molecule has 1 N–H and O–H groups in total. The van der Waals surface area contributed by atoms with Crippen LogP contribution in [0.15, 0.2) is 78.9 Å². The predicted molar refractivity (Wildman–Crippen MR) is 108 cm³/mol. The van der Waals surface area contributed by atoms with Crippen molar-refractivity contribution >= 4 is 17.6 Å². The number of carbonyl (C=O) groups excluding carboxylic acids is 2. The maximum atomic E-state index is 12.5. The van der Waals surface area contributed by atoms with Gasteiger partial charge in [0, 0.05) is 11.3 Å². The minimum Gasteiger partial charge on any atom is -0.449 e. The highest BCUT2D eigenvalue weighted by atomic mass is 19.3. The average Bonchev–Trinajstić information content (AvgIpc) is 2.74. The van der Waals surface area contributed by atoms with Gasteiger partial charge in [-0.15, -0.1) is 0 Å². The van der Waals surface area contributed by atoms with Crippen molar-refractivity contribution in [2.45, 2.75) is 19.6 Å². The smallest absolute Gasteiger partial charge is 0.387 e. The van der Waals surface area contributed by atoms with Crippen molar-refractivity contribution in [2.24, 2.45) is 0 Å². The molecule has 0 radical (unpaired) electrons. The molecule has 0 spiro atoms. The number of rotatable bonds is 7. The van der Waals surface area contributed by atoms with E-state index in [1.54, 1.807) is 12.1 Å². The van der Waals surface area contributed by atoms with E-state index in [9.17, 15) is 18.4 Å². The van der Waals surface area contributed by atoms with E-state index in [0.717, 1.165) is 11.1 Å². The van der Waals surface area contributed by atoms with E-state index >= 15 is 0 Å². The number of benzene rings is 3. The van der Waals surface area contributed by atoms with Gasteiger partial charge < -0.3 is 14.8 Å². The molecule has 0 saturated heterocycles. The molecule has 0 bridgehead atoms. The van der Waals surface area contributed by atoms with Gasteiger partial charge in [-0.2, -0.15) is 8.78 Å². The van der Waals surface area contributed by atoms with Gasteiger partial charge in [-0.1, -0.05) is 48.5 Å². The molecule has 3 aromatic rings. The van der Waals surface area contributed by atoms with Crippen LogP contribution in [0.2, 0.25) is 0 Å². The molecule has 0 aliphatic rings. The SMILES string of the molecule is C[C@H](OC(=O)c1ccc(OC(F)F)cc1)C(=O)Nc1ccccc1-c1ccccc1. The summed E-state index contributed by atoms with van der Waals surface area (Å²) in [4.78, 5) is 24.8. The second kappa shape index (κ2) is 9.65. The number of alkyl halides is 2. The minimum absolute atomic E-state index is 0.0788. The number of anilines is 1. The number of esters is 1. The van der Waals surface area contributed by atoms with Crippen LogP contribution < -0.4 is 10.1 Å². The largest absolute Gasteiger partial charge is 0.449 e. The Morgan fingerprint density at radius 3 is 2.17 bits per heavy atom. The summed E-state index contributed by atoms with van der Waals surface area (Å²) < 4.78 is 33.8. The minimum atomic E-state index is -2.95. The Morgan fingerprint density at radius 1 is 0.867 bits per heavy atom. The summed E-state index contributed by atoms with van der Waals surface area (Å²) >= 11 is 0. The second-order valence-electron chi connectivity index (χ2n) is 6.35. The van der Waals surface area contributed by atoms with Crippen molar-refractivity contribution in [3.63, 3.8) is 0 Å². The molecule has 3 aromatic carbocycles.